The van der Waals surface area contributed by atoms with Gasteiger partial charge in [-0.25, -0.2) is 4.98 Å². The van der Waals surface area contributed by atoms with Gasteiger partial charge in [-0.05, 0) is 72.8 Å². The van der Waals surface area contributed by atoms with Gasteiger partial charge in [0.05, 0.1) is 23.6 Å². The molecule has 1 radical (unpaired) electrons. The van der Waals surface area contributed by atoms with Crippen LogP contribution in [0.3, 0.4) is 0 Å². The fraction of sp³-hybridized carbons (Fsp3) is 0.409. The first kappa shape index (κ1) is 40.7. The molecular formula is C44H55IrN2O3-. The van der Waals surface area contributed by atoms with Crippen molar-refractivity contribution in [1.82, 2.24) is 4.98 Å². The van der Waals surface area contributed by atoms with Gasteiger partial charge in [0, 0.05) is 56.8 Å². The quantitative estimate of drug-likeness (QED) is 0.0622. The van der Waals surface area contributed by atoms with Gasteiger partial charge >= 0.3 is 0 Å². The summed E-state index contributed by atoms with van der Waals surface area (Å²) in [5.41, 5.74) is 7.52. The summed E-state index contributed by atoms with van der Waals surface area (Å²) < 4.78 is 7.75. The van der Waals surface area contributed by atoms with Gasteiger partial charge in [-0.1, -0.05) is 91.5 Å². The molecule has 0 amide bonds. The third-order valence-corrected chi connectivity index (χ3v) is 9.47. The van der Waals surface area contributed by atoms with Gasteiger partial charge in [0.25, 0.3) is 0 Å². The minimum absolute atomic E-state index is 0. The fourth-order valence-corrected chi connectivity index (χ4v) is 6.56. The predicted molar refractivity (Wildman–Crippen MR) is 203 cm³/mol. The monoisotopic (exact) mass is 852 g/mol. The first-order chi connectivity index (χ1) is 23.3. The molecule has 0 aliphatic carbocycles. The smallest absolute Gasteiger partial charge is 0.226 e. The molecule has 0 atom stereocenters. The number of hydrogen-bond acceptors (Lipinski definition) is 4. The molecule has 0 aliphatic rings. The SMILES string of the molecule is CCC(CC)C(=O)/C=C(\O)C(CC)CC.[CH2-][n+]1ccc(-c2ccnc3occ(CC(C)C)c23)cc1-c1[c-]c2ccccc2c(C(C)(C)C)c1.[Ir]. The van der Waals surface area contributed by atoms with Gasteiger partial charge in [-0.15, -0.1) is 29.1 Å². The van der Waals surface area contributed by atoms with E-state index in [0.29, 0.717) is 11.6 Å². The molecule has 6 heteroatoms. The van der Waals surface area contributed by atoms with Crippen molar-refractivity contribution in [3.63, 3.8) is 0 Å². The summed E-state index contributed by atoms with van der Waals surface area (Å²) in [6.07, 6.45) is 11.6. The molecule has 5 nitrogen and oxygen atoms in total. The summed E-state index contributed by atoms with van der Waals surface area (Å²) in [6.45, 7) is 19.3. The van der Waals surface area contributed by atoms with E-state index >= 15 is 0 Å². The van der Waals surface area contributed by atoms with Crippen molar-refractivity contribution in [2.75, 3.05) is 0 Å². The zero-order chi connectivity index (χ0) is 35.9. The van der Waals surface area contributed by atoms with Crippen LogP contribution in [-0.2, 0) is 36.7 Å². The molecule has 5 aromatic rings. The minimum Gasteiger partial charge on any atom is -0.512 e. The molecule has 3 aromatic heterocycles. The molecule has 269 valence electrons. The van der Waals surface area contributed by atoms with E-state index in [1.807, 2.05) is 50.9 Å². The fourth-order valence-electron chi connectivity index (χ4n) is 6.56. The molecular weight excluding hydrogens is 797 g/mol. The van der Waals surface area contributed by atoms with E-state index < -0.39 is 0 Å². The van der Waals surface area contributed by atoms with E-state index in [1.165, 1.54) is 22.6 Å². The Bertz CT molecular complexity index is 1910. The molecule has 0 unspecified atom stereocenters. The standard InChI is InChI=1S/C31H31N2O.C13H24O2.Ir/c1-20(2)15-24-19-34-30-29(24)26(11-13-32-30)22-12-14-33(6)28(18-22)23-16-21-9-7-8-10-25(21)27(17-23)31(3,4)5;1-5-10(6-2)12(14)9-13(15)11(7-3)8-4;/h7-14,17-20H,6,15H2,1-5H3;9-11,14H,5-8H2,1-4H3;/q-1;;/b;12-9-;. The van der Waals surface area contributed by atoms with E-state index in [0.717, 1.165) is 65.3 Å². The average Bonchev–Trinajstić information content (AvgIpc) is 3.47. The predicted octanol–water partition coefficient (Wildman–Crippen LogP) is 11.4. The zero-order valence-corrected chi connectivity index (χ0v) is 33.8. The summed E-state index contributed by atoms with van der Waals surface area (Å²) in [6, 6.07) is 20.8. The summed E-state index contributed by atoms with van der Waals surface area (Å²) in [7, 11) is 4.28. The van der Waals surface area contributed by atoms with Gasteiger partial charge in [0.1, 0.15) is 5.69 Å². The van der Waals surface area contributed by atoms with E-state index in [2.05, 4.69) is 101 Å². The molecule has 5 rings (SSSR count). The number of aliphatic hydroxyl groups is 1. The van der Waals surface area contributed by atoms with Crippen LogP contribution < -0.4 is 4.57 Å². The van der Waals surface area contributed by atoms with Gasteiger partial charge in [-0.3, -0.25) is 4.79 Å². The van der Waals surface area contributed by atoms with Gasteiger partial charge in [0.15, 0.2) is 5.78 Å². The molecule has 0 bridgehead atoms. The van der Waals surface area contributed by atoms with E-state index in [1.54, 1.807) is 0 Å². The Labute approximate surface area is 313 Å². The normalized spacial score (nSPS) is 12.0. The first-order valence-corrected chi connectivity index (χ1v) is 17.9. The number of carbonyl (C=O) groups is 1. The first-order valence-electron chi connectivity index (χ1n) is 17.9. The van der Waals surface area contributed by atoms with Crippen LogP contribution in [0.1, 0.15) is 99.1 Å². The second-order valence-corrected chi connectivity index (χ2v) is 14.6. The summed E-state index contributed by atoms with van der Waals surface area (Å²) in [4.78, 5) is 16.2. The molecule has 0 saturated heterocycles. The molecule has 3 heterocycles. The Balaban J connectivity index is 0.000000361. The Kier molecular flexibility index (Phi) is 14.6. The Morgan fingerprint density at radius 3 is 2.28 bits per heavy atom. The topological polar surface area (TPSA) is 67.2 Å². The molecule has 0 spiro atoms. The van der Waals surface area contributed by atoms with Crippen LogP contribution >= 0.6 is 0 Å². The van der Waals surface area contributed by atoms with Crippen molar-refractivity contribution >= 4 is 27.7 Å². The number of carbonyl (C=O) groups excluding carboxylic acids is 1. The van der Waals surface area contributed by atoms with Crippen LogP contribution in [-0.4, -0.2) is 15.9 Å². The number of aromatic nitrogens is 2. The molecule has 0 saturated carbocycles. The maximum atomic E-state index is 11.7. The number of ketones is 1. The molecule has 0 aliphatic heterocycles. The van der Waals surface area contributed by atoms with E-state index in [-0.39, 0.29) is 48.9 Å². The minimum atomic E-state index is 0. The van der Waals surface area contributed by atoms with Crippen molar-refractivity contribution in [1.29, 1.82) is 0 Å². The second-order valence-electron chi connectivity index (χ2n) is 14.6. The third kappa shape index (κ3) is 9.53. The maximum Gasteiger partial charge on any atom is 0.226 e. The van der Waals surface area contributed by atoms with E-state index in [4.69, 9.17) is 4.42 Å². The third-order valence-electron chi connectivity index (χ3n) is 9.47. The van der Waals surface area contributed by atoms with Crippen LogP contribution in [0.4, 0.5) is 0 Å². The van der Waals surface area contributed by atoms with Crippen LogP contribution in [0, 0.1) is 30.9 Å². The van der Waals surface area contributed by atoms with Crippen molar-refractivity contribution in [2.24, 2.45) is 17.8 Å². The zero-order valence-electron chi connectivity index (χ0n) is 31.4. The number of aliphatic hydroxyl groups excluding tert-OH is 1. The van der Waals surface area contributed by atoms with Crippen molar-refractivity contribution in [3.8, 4) is 22.4 Å². The Hall–Kier alpha value is -3.73. The van der Waals surface area contributed by atoms with E-state index in [9.17, 15) is 9.90 Å². The number of benzene rings is 2. The number of allylic oxidation sites excluding steroid dienone is 2. The molecule has 0 fully saturated rings. The maximum absolute atomic E-state index is 11.7. The summed E-state index contributed by atoms with van der Waals surface area (Å²) in [5.74, 6) is 1.08. The number of pyridine rings is 2. The summed E-state index contributed by atoms with van der Waals surface area (Å²) in [5, 5.41) is 13.2. The number of furan rings is 1. The molecule has 50 heavy (non-hydrogen) atoms. The van der Waals surface area contributed by atoms with Crippen LogP contribution in [0.25, 0.3) is 44.3 Å². The van der Waals surface area contributed by atoms with Gasteiger partial charge in [0.2, 0.25) is 5.71 Å². The average molecular weight is 852 g/mol. The Morgan fingerprint density at radius 1 is 1.00 bits per heavy atom. The number of hydrogen-bond donors (Lipinski definition) is 1. The van der Waals surface area contributed by atoms with Crippen LogP contribution in [0.15, 0.2) is 83.4 Å². The van der Waals surface area contributed by atoms with Crippen molar-refractivity contribution in [2.45, 2.75) is 99.8 Å². The molecule has 2 aromatic carbocycles. The largest absolute Gasteiger partial charge is 0.512 e. The van der Waals surface area contributed by atoms with Crippen LogP contribution in [0.5, 0.6) is 0 Å². The van der Waals surface area contributed by atoms with Crippen molar-refractivity contribution in [3.05, 3.63) is 103 Å². The van der Waals surface area contributed by atoms with Gasteiger partial charge < -0.3 is 14.1 Å². The molecule has 1 N–H and O–H groups in total. The number of fused-ring (bicyclic) bond motifs is 2. The van der Waals surface area contributed by atoms with Gasteiger partial charge in [-0.2, -0.15) is 0 Å². The number of rotatable bonds is 11. The van der Waals surface area contributed by atoms with Crippen LogP contribution in [0.2, 0.25) is 0 Å². The second kappa shape index (κ2) is 18.0. The Morgan fingerprint density at radius 2 is 1.66 bits per heavy atom. The van der Waals surface area contributed by atoms with Crippen molar-refractivity contribution < 1.29 is 39.0 Å². The summed E-state index contributed by atoms with van der Waals surface area (Å²) >= 11 is 0. The number of nitrogens with zero attached hydrogens (tertiary/aromatic N) is 2.